The van der Waals surface area contributed by atoms with E-state index in [0.717, 1.165) is 28.8 Å². The normalized spacial score (nSPS) is 11.3. The maximum absolute atomic E-state index is 7.84. The number of nitrogens with two attached hydrogens (primary N) is 1. The van der Waals surface area contributed by atoms with Gasteiger partial charge in [-0.3, -0.25) is 5.41 Å². The Morgan fingerprint density at radius 3 is 2.48 bits per heavy atom. The number of hydrogen-bond donors (Lipinski definition) is 2. The SMILES string of the molecule is CC(C)CN(c1cc(C(=N)N)c2ccccc2n1)C(C)C. The van der Waals surface area contributed by atoms with Crippen molar-refractivity contribution in [3.8, 4) is 0 Å². The van der Waals surface area contributed by atoms with Crippen LogP contribution >= 0.6 is 0 Å². The third-order valence-corrected chi connectivity index (χ3v) is 3.47. The molecule has 2 aromatic rings. The number of rotatable bonds is 5. The predicted molar refractivity (Wildman–Crippen MR) is 90.1 cm³/mol. The van der Waals surface area contributed by atoms with Crippen molar-refractivity contribution in [1.82, 2.24) is 4.98 Å². The van der Waals surface area contributed by atoms with Gasteiger partial charge in [-0.2, -0.15) is 0 Å². The second-order valence-corrected chi connectivity index (χ2v) is 6.10. The summed E-state index contributed by atoms with van der Waals surface area (Å²) in [5.74, 6) is 1.52. The third-order valence-electron chi connectivity index (χ3n) is 3.47. The number of hydrogen-bond acceptors (Lipinski definition) is 3. The monoisotopic (exact) mass is 284 g/mol. The van der Waals surface area contributed by atoms with Crippen molar-refractivity contribution in [3.05, 3.63) is 35.9 Å². The summed E-state index contributed by atoms with van der Waals surface area (Å²) < 4.78 is 0. The van der Waals surface area contributed by atoms with E-state index in [0.29, 0.717) is 12.0 Å². The number of pyridine rings is 1. The number of nitrogens with zero attached hydrogens (tertiary/aromatic N) is 2. The van der Waals surface area contributed by atoms with E-state index >= 15 is 0 Å². The molecule has 0 aliphatic carbocycles. The van der Waals surface area contributed by atoms with Crippen LogP contribution in [-0.4, -0.2) is 23.4 Å². The largest absolute Gasteiger partial charge is 0.384 e. The third kappa shape index (κ3) is 3.32. The Labute approximate surface area is 126 Å². The van der Waals surface area contributed by atoms with E-state index in [-0.39, 0.29) is 5.84 Å². The van der Waals surface area contributed by atoms with Crippen molar-refractivity contribution in [2.45, 2.75) is 33.7 Å². The summed E-state index contributed by atoms with van der Waals surface area (Å²) in [7, 11) is 0. The number of para-hydroxylation sites is 1. The number of nitrogen functional groups attached to an aromatic ring is 1. The molecule has 0 atom stereocenters. The molecule has 0 amide bonds. The molecule has 0 aliphatic heterocycles. The molecule has 0 saturated heterocycles. The van der Waals surface area contributed by atoms with Crippen molar-refractivity contribution in [3.63, 3.8) is 0 Å². The molecule has 0 fully saturated rings. The summed E-state index contributed by atoms with van der Waals surface area (Å²) in [6, 6.07) is 10.1. The average Bonchev–Trinajstić information content (AvgIpc) is 2.42. The van der Waals surface area contributed by atoms with E-state index in [1.165, 1.54) is 0 Å². The second kappa shape index (κ2) is 6.12. The summed E-state index contributed by atoms with van der Waals surface area (Å²) in [5.41, 5.74) is 7.40. The number of anilines is 1. The molecule has 0 saturated carbocycles. The first-order valence-corrected chi connectivity index (χ1v) is 7.41. The van der Waals surface area contributed by atoms with Gasteiger partial charge in [0.1, 0.15) is 11.7 Å². The van der Waals surface area contributed by atoms with Crippen LogP contribution in [0.4, 0.5) is 5.82 Å². The van der Waals surface area contributed by atoms with E-state index in [4.69, 9.17) is 16.1 Å². The Kier molecular flexibility index (Phi) is 4.46. The van der Waals surface area contributed by atoms with Crippen LogP contribution in [0.2, 0.25) is 0 Å². The minimum Gasteiger partial charge on any atom is -0.384 e. The van der Waals surface area contributed by atoms with E-state index in [1.54, 1.807) is 0 Å². The minimum absolute atomic E-state index is 0.0862. The fourth-order valence-corrected chi connectivity index (χ4v) is 2.49. The fraction of sp³-hybridized carbons (Fsp3) is 0.412. The van der Waals surface area contributed by atoms with Crippen LogP contribution in [0.5, 0.6) is 0 Å². The van der Waals surface area contributed by atoms with E-state index in [9.17, 15) is 0 Å². The van der Waals surface area contributed by atoms with Crippen LogP contribution < -0.4 is 10.6 Å². The number of amidine groups is 1. The van der Waals surface area contributed by atoms with Gasteiger partial charge < -0.3 is 10.6 Å². The zero-order chi connectivity index (χ0) is 15.6. The smallest absolute Gasteiger partial charge is 0.130 e. The highest BCUT2D eigenvalue weighted by molar-refractivity contribution is 6.07. The van der Waals surface area contributed by atoms with E-state index < -0.39 is 0 Å². The maximum atomic E-state index is 7.84. The number of nitrogens with one attached hydrogen (secondary N) is 1. The molecule has 0 aliphatic rings. The molecule has 0 spiro atoms. The molecule has 0 bridgehead atoms. The summed E-state index contributed by atoms with van der Waals surface area (Å²) in [5, 5.41) is 8.77. The second-order valence-electron chi connectivity index (χ2n) is 6.10. The van der Waals surface area contributed by atoms with Crippen molar-refractivity contribution >= 4 is 22.6 Å². The molecule has 112 valence electrons. The quantitative estimate of drug-likeness (QED) is 0.653. The molecule has 4 nitrogen and oxygen atoms in total. The van der Waals surface area contributed by atoms with Gasteiger partial charge in [0.25, 0.3) is 0 Å². The van der Waals surface area contributed by atoms with Gasteiger partial charge in [-0.05, 0) is 31.9 Å². The Balaban J connectivity index is 2.60. The zero-order valence-electron chi connectivity index (χ0n) is 13.2. The topological polar surface area (TPSA) is 66.0 Å². The van der Waals surface area contributed by atoms with Gasteiger partial charge in [0.05, 0.1) is 5.52 Å². The van der Waals surface area contributed by atoms with E-state index in [2.05, 4.69) is 32.6 Å². The Morgan fingerprint density at radius 2 is 1.90 bits per heavy atom. The predicted octanol–water partition coefficient (Wildman–Crippen LogP) is 3.39. The lowest BCUT2D eigenvalue weighted by Gasteiger charge is -2.30. The number of benzene rings is 1. The summed E-state index contributed by atoms with van der Waals surface area (Å²) >= 11 is 0. The van der Waals surface area contributed by atoms with Crippen molar-refractivity contribution in [2.75, 3.05) is 11.4 Å². The minimum atomic E-state index is 0.0862. The van der Waals surface area contributed by atoms with Gasteiger partial charge in [-0.25, -0.2) is 4.98 Å². The van der Waals surface area contributed by atoms with Crippen LogP contribution in [0.15, 0.2) is 30.3 Å². The molecule has 0 radical (unpaired) electrons. The molecule has 0 unspecified atom stereocenters. The summed E-state index contributed by atoms with van der Waals surface area (Å²) in [6.45, 7) is 9.64. The van der Waals surface area contributed by atoms with Crippen molar-refractivity contribution in [2.24, 2.45) is 11.7 Å². The Morgan fingerprint density at radius 1 is 1.24 bits per heavy atom. The number of aromatic nitrogens is 1. The maximum Gasteiger partial charge on any atom is 0.130 e. The van der Waals surface area contributed by atoms with Crippen LogP contribution in [0.3, 0.4) is 0 Å². The highest BCUT2D eigenvalue weighted by Gasteiger charge is 2.16. The van der Waals surface area contributed by atoms with Crippen molar-refractivity contribution < 1.29 is 0 Å². The Bertz CT molecular complexity index is 646. The van der Waals surface area contributed by atoms with Gasteiger partial charge >= 0.3 is 0 Å². The van der Waals surface area contributed by atoms with Gasteiger partial charge in [-0.1, -0.05) is 32.0 Å². The highest BCUT2D eigenvalue weighted by atomic mass is 15.2. The van der Waals surface area contributed by atoms with Gasteiger partial charge in [0.2, 0.25) is 0 Å². The lowest BCUT2D eigenvalue weighted by molar-refractivity contribution is 0.567. The average molecular weight is 284 g/mol. The molecule has 3 N–H and O–H groups in total. The molecule has 1 heterocycles. The zero-order valence-corrected chi connectivity index (χ0v) is 13.2. The summed E-state index contributed by atoms with van der Waals surface area (Å²) in [4.78, 5) is 7.03. The van der Waals surface area contributed by atoms with Crippen LogP contribution in [0, 0.1) is 11.3 Å². The molecule has 2 rings (SSSR count). The molecular weight excluding hydrogens is 260 g/mol. The first-order valence-electron chi connectivity index (χ1n) is 7.41. The van der Waals surface area contributed by atoms with Gasteiger partial charge in [-0.15, -0.1) is 0 Å². The van der Waals surface area contributed by atoms with Crippen molar-refractivity contribution in [1.29, 1.82) is 5.41 Å². The fourth-order valence-electron chi connectivity index (χ4n) is 2.49. The molecule has 21 heavy (non-hydrogen) atoms. The lowest BCUT2D eigenvalue weighted by atomic mass is 10.1. The number of fused-ring (bicyclic) bond motifs is 1. The molecular formula is C17H24N4. The first kappa shape index (κ1) is 15.3. The molecule has 1 aromatic carbocycles. The highest BCUT2D eigenvalue weighted by Crippen LogP contribution is 2.24. The standard InChI is InChI=1S/C17H24N4/c1-11(2)10-21(12(3)4)16-9-14(17(18)19)13-7-5-6-8-15(13)20-16/h5-9,11-12H,10H2,1-4H3,(H3,18,19). The Hall–Kier alpha value is -2.10. The van der Waals surface area contributed by atoms with Gasteiger partial charge in [0, 0.05) is 23.5 Å². The van der Waals surface area contributed by atoms with Gasteiger partial charge in [0.15, 0.2) is 0 Å². The first-order chi connectivity index (χ1) is 9.90. The van der Waals surface area contributed by atoms with Crippen LogP contribution in [-0.2, 0) is 0 Å². The molecule has 4 heteroatoms. The molecule has 1 aromatic heterocycles. The van der Waals surface area contributed by atoms with E-state index in [1.807, 2.05) is 30.3 Å². The van der Waals surface area contributed by atoms with Crippen LogP contribution in [0.1, 0.15) is 33.3 Å². The van der Waals surface area contributed by atoms with Crippen LogP contribution in [0.25, 0.3) is 10.9 Å². The lowest BCUT2D eigenvalue weighted by Crippen LogP contribution is -2.35. The summed E-state index contributed by atoms with van der Waals surface area (Å²) in [6.07, 6.45) is 0.